The summed E-state index contributed by atoms with van der Waals surface area (Å²) in [5.74, 6) is -0.191. The number of hydrogen-bond donors (Lipinski definition) is 1. The first-order valence-electron chi connectivity index (χ1n) is 6.56. The SMILES string of the molecule is Cc1cc(C(=O)NC2(C#N)CCCCC2)ccc1Cl. The number of halogens is 1. The Bertz CT molecular complexity index is 527. The first-order chi connectivity index (χ1) is 9.06. The Morgan fingerprint density at radius 2 is 2.05 bits per heavy atom. The van der Waals surface area contributed by atoms with Crippen LogP contribution in [0.1, 0.15) is 48.0 Å². The largest absolute Gasteiger partial charge is 0.334 e. The average Bonchev–Trinajstić information content (AvgIpc) is 2.43. The molecule has 19 heavy (non-hydrogen) atoms. The zero-order chi connectivity index (χ0) is 13.9. The van der Waals surface area contributed by atoms with Crippen LogP contribution >= 0.6 is 11.6 Å². The minimum absolute atomic E-state index is 0.191. The third-order valence-corrected chi connectivity index (χ3v) is 4.12. The number of nitriles is 1. The van der Waals surface area contributed by atoms with E-state index in [4.69, 9.17) is 11.6 Å². The van der Waals surface area contributed by atoms with E-state index in [2.05, 4.69) is 11.4 Å². The second-order valence-corrected chi connectivity index (χ2v) is 5.58. The molecule has 1 aliphatic rings. The Kier molecular flexibility index (Phi) is 4.11. The molecule has 0 unspecified atom stereocenters. The summed E-state index contributed by atoms with van der Waals surface area (Å²) in [4.78, 5) is 12.2. The minimum Gasteiger partial charge on any atom is -0.334 e. The van der Waals surface area contributed by atoms with Gasteiger partial charge in [0.1, 0.15) is 5.54 Å². The molecule has 1 amide bonds. The van der Waals surface area contributed by atoms with E-state index in [1.165, 1.54) is 0 Å². The molecule has 2 rings (SSSR count). The van der Waals surface area contributed by atoms with Crippen LogP contribution in [-0.4, -0.2) is 11.4 Å². The van der Waals surface area contributed by atoms with Crippen molar-refractivity contribution in [1.29, 1.82) is 5.26 Å². The summed E-state index contributed by atoms with van der Waals surface area (Å²) >= 11 is 5.95. The lowest BCUT2D eigenvalue weighted by atomic mass is 9.82. The summed E-state index contributed by atoms with van der Waals surface area (Å²) in [7, 11) is 0. The first-order valence-corrected chi connectivity index (χ1v) is 6.94. The van der Waals surface area contributed by atoms with Crippen LogP contribution < -0.4 is 5.32 Å². The maximum atomic E-state index is 12.2. The standard InChI is InChI=1S/C15H17ClN2O/c1-11-9-12(5-6-13(11)16)14(19)18-15(10-17)7-3-2-4-8-15/h5-6,9H,2-4,7-8H2,1H3,(H,18,19). The molecule has 0 atom stereocenters. The van der Waals surface area contributed by atoms with Crippen molar-refractivity contribution in [3.05, 3.63) is 34.3 Å². The number of carbonyl (C=O) groups is 1. The molecule has 1 aliphatic carbocycles. The van der Waals surface area contributed by atoms with Crippen molar-refractivity contribution < 1.29 is 4.79 Å². The topological polar surface area (TPSA) is 52.9 Å². The minimum atomic E-state index is -0.692. The van der Waals surface area contributed by atoms with E-state index in [9.17, 15) is 10.1 Å². The van der Waals surface area contributed by atoms with Crippen LogP contribution in [-0.2, 0) is 0 Å². The molecule has 1 fully saturated rings. The predicted molar refractivity (Wildman–Crippen MR) is 75.1 cm³/mol. The Morgan fingerprint density at radius 3 is 2.63 bits per heavy atom. The first kappa shape index (κ1) is 13.9. The Balaban J connectivity index is 2.15. The number of amides is 1. The summed E-state index contributed by atoms with van der Waals surface area (Å²) in [5.41, 5.74) is 0.731. The van der Waals surface area contributed by atoms with Crippen LogP contribution in [0.15, 0.2) is 18.2 Å². The molecule has 1 saturated carbocycles. The molecular weight excluding hydrogens is 260 g/mol. The van der Waals surface area contributed by atoms with Crippen molar-refractivity contribution in [2.45, 2.75) is 44.6 Å². The number of nitrogens with one attached hydrogen (secondary N) is 1. The molecule has 0 heterocycles. The monoisotopic (exact) mass is 276 g/mol. The zero-order valence-corrected chi connectivity index (χ0v) is 11.8. The molecule has 100 valence electrons. The molecule has 0 aliphatic heterocycles. The lowest BCUT2D eigenvalue weighted by Gasteiger charge is -2.31. The van der Waals surface area contributed by atoms with Crippen molar-refractivity contribution >= 4 is 17.5 Å². The Hall–Kier alpha value is -1.53. The van der Waals surface area contributed by atoms with Gasteiger partial charge < -0.3 is 5.32 Å². The maximum absolute atomic E-state index is 12.2. The van der Waals surface area contributed by atoms with Gasteiger partial charge in [-0.15, -0.1) is 0 Å². The maximum Gasteiger partial charge on any atom is 0.252 e. The zero-order valence-electron chi connectivity index (χ0n) is 11.0. The van der Waals surface area contributed by atoms with Gasteiger partial charge in [-0.3, -0.25) is 4.79 Å². The van der Waals surface area contributed by atoms with E-state index >= 15 is 0 Å². The third-order valence-electron chi connectivity index (χ3n) is 3.69. The highest BCUT2D eigenvalue weighted by Gasteiger charge is 2.33. The summed E-state index contributed by atoms with van der Waals surface area (Å²) < 4.78 is 0. The molecule has 0 radical (unpaired) electrons. The van der Waals surface area contributed by atoms with Crippen LogP contribution in [0.4, 0.5) is 0 Å². The predicted octanol–water partition coefficient (Wildman–Crippen LogP) is 3.60. The number of carbonyl (C=O) groups excluding carboxylic acids is 1. The van der Waals surface area contributed by atoms with Gasteiger partial charge >= 0.3 is 0 Å². The van der Waals surface area contributed by atoms with E-state index in [0.29, 0.717) is 10.6 Å². The molecule has 0 bridgehead atoms. The molecule has 1 N–H and O–H groups in total. The highest BCUT2D eigenvalue weighted by Crippen LogP contribution is 2.28. The van der Waals surface area contributed by atoms with E-state index in [0.717, 1.165) is 37.7 Å². The molecule has 0 spiro atoms. The summed E-state index contributed by atoms with van der Waals surface area (Å²) in [5, 5.41) is 12.9. The van der Waals surface area contributed by atoms with E-state index < -0.39 is 5.54 Å². The summed E-state index contributed by atoms with van der Waals surface area (Å²) in [6.45, 7) is 1.86. The fourth-order valence-electron chi connectivity index (χ4n) is 2.50. The number of rotatable bonds is 2. The van der Waals surface area contributed by atoms with Crippen LogP contribution in [0.2, 0.25) is 5.02 Å². The van der Waals surface area contributed by atoms with E-state index in [1.807, 2.05) is 6.92 Å². The lowest BCUT2D eigenvalue weighted by Crippen LogP contribution is -2.48. The summed E-state index contributed by atoms with van der Waals surface area (Å²) in [6, 6.07) is 7.45. The number of nitrogens with zero attached hydrogens (tertiary/aromatic N) is 1. The van der Waals surface area contributed by atoms with Gasteiger partial charge in [-0.25, -0.2) is 0 Å². The number of aryl methyl sites for hydroxylation is 1. The number of benzene rings is 1. The smallest absolute Gasteiger partial charge is 0.252 e. The quantitative estimate of drug-likeness (QED) is 0.897. The normalized spacial score (nSPS) is 17.5. The second-order valence-electron chi connectivity index (χ2n) is 5.17. The van der Waals surface area contributed by atoms with Crippen LogP contribution in [0, 0.1) is 18.3 Å². The van der Waals surface area contributed by atoms with Crippen LogP contribution in [0.25, 0.3) is 0 Å². The van der Waals surface area contributed by atoms with Gasteiger partial charge in [-0.2, -0.15) is 5.26 Å². The molecule has 1 aromatic rings. The second kappa shape index (κ2) is 5.63. The lowest BCUT2D eigenvalue weighted by molar-refractivity contribution is 0.0902. The van der Waals surface area contributed by atoms with Crippen molar-refractivity contribution in [2.75, 3.05) is 0 Å². The van der Waals surface area contributed by atoms with Gasteiger partial charge in [0.2, 0.25) is 0 Å². The van der Waals surface area contributed by atoms with Gasteiger partial charge in [0.15, 0.2) is 0 Å². The van der Waals surface area contributed by atoms with Gasteiger partial charge in [0.25, 0.3) is 5.91 Å². The van der Waals surface area contributed by atoms with E-state index in [1.54, 1.807) is 18.2 Å². The number of hydrogen-bond acceptors (Lipinski definition) is 2. The Labute approximate surface area is 118 Å². The molecular formula is C15H17ClN2O. The van der Waals surface area contributed by atoms with Crippen molar-refractivity contribution in [3.63, 3.8) is 0 Å². The van der Waals surface area contributed by atoms with Crippen LogP contribution in [0.3, 0.4) is 0 Å². The highest BCUT2D eigenvalue weighted by molar-refractivity contribution is 6.31. The molecule has 0 saturated heterocycles. The average molecular weight is 277 g/mol. The van der Waals surface area contributed by atoms with Gasteiger partial charge in [0.05, 0.1) is 6.07 Å². The molecule has 3 nitrogen and oxygen atoms in total. The van der Waals surface area contributed by atoms with Crippen LogP contribution in [0.5, 0.6) is 0 Å². The Morgan fingerprint density at radius 1 is 1.37 bits per heavy atom. The molecule has 4 heteroatoms. The molecule has 0 aromatic heterocycles. The fourth-order valence-corrected chi connectivity index (χ4v) is 2.61. The van der Waals surface area contributed by atoms with E-state index in [-0.39, 0.29) is 5.91 Å². The van der Waals surface area contributed by atoms with Crippen molar-refractivity contribution in [3.8, 4) is 6.07 Å². The highest BCUT2D eigenvalue weighted by atomic mass is 35.5. The van der Waals surface area contributed by atoms with Crippen molar-refractivity contribution in [1.82, 2.24) is 5.32 Å². The van der Waals surface area contributed by atoms with Gasteiger partial charge in [-0.05, 0) is 43.5 Å². The summed E-state index contributed by atoms with van der Waals surface area (Å²) in [6.07, 6.45) is 4.60. The van der Waals surface area contributed by atoms with Gasteiger partial charge in [-0.1, -0.05) is 30.9 Å². The third kappa shape index (κ3) is 3.08. The van der Waals surface area contributed by atoms with Gasteiger partial charge in [0, 0.05) is 10.6 Å². The fraction of sp³-hybridized carbons (Fsp3) is 0.467. The van der Waals surface area contributed by atoms with Crippen molar-refractivity contribution in [2.24, 2.45) is 0 Å². The molecule has 1 aromatic carbocycles.